The van der Waals surface area contributed by atoms with E-state index < -0.39 is 5.54 Å². The van der Waals surface area contributed by atoms with Crippen LogP contribution in [0.25, 0.3) is 0 Å². The second kappa shape index (κ2) is 7.85. The maximum absolute atomic E-state index is 11.9. The summed E-state index contributed by atoms with van der Waals surface area (Å²) in [4.78, 5) is 11.9. The highest BCUT2D eigenvalue weighted by atomic mass is 16.5. The molecular weight excluding hydrogens is 242 g/mol. The molecule has 0 radical (unpaired) electrons. The first-order valence-electron chi connectivity index (χ1n) is 7.45. The minimum atomic E-state index is -0.607. The standard InChI is InChI=1S/C15H29NO3/c1-5-6-12(2)11-19-10-9-15(3,14(17)18-4)16-13-7-8-13/h12-13,16H,5-11H2,1-4H3. The average molecular weight is 271 g/mol. The highest BCUT2D eigenvalue weighted by molar-refractivity contribution is 5.80. The number of rotatable bonds is 10. The van der Waals surface area contributed by atoms with Crippen LogP contribution in [0, 0.1) is 5.92 Å². The van der Waals surface area contributed by atoms with Crippen LogP contribution in [0.3, 0.4) is 0 Å². The van der Waals surface area contributed by atoms with E-state index in [-0.39, 0.29) is 5.97 Å². The third-order valence-corrected chi connectivity index (χ3v) is 3.67. The molecule has 0 aromatic heterocycles. The monoisotopic (exact) mass is 271 g/mol. The lowest BCUT2D eigenvalue weighted by molar-refractivity contribution is -0.149. The molecule has 0 heterocycles. The van der Waals surface area contributed by atoms with Crippen molar-refractivity contribution in [3.63, 3.8) is 0 Å². The molecule has 2 atom stereocenters. The first-order valence-corrected chi connectivity index (χ1v) is 7.45. The van der Waals surface area contributed by atoms with Gasteiger partial charge in [-0.1, -0.05) is 20.3 Å². The van der Waals surface area contributed by atoms with Gasteiger partial charge in [0.15, 0.2) is 0 Å². The Kier molecular flexibility index (Phi) is 6.80. The number of ether oxygens (including phenoxy) is 2. The van der Waals surface area contributed by atoms with E-state index in [2.05, 4.69) is 19.2 Å². The van der Waals surface area contributed by atoms with Gasteiger partial charge in [-0.15, -0.1) is 0 Å². The van der Waals surface area contributed by atoms with E-state index in [4.69, 9.17) is 9.47 Å². The topological polar surface area (TPSA) is 47.6 Å². The summed E-state index contributed by atoms with van der Waals surface area (Å²) in [5.74, 6) is 0.399. The highest BCUT2D eigenvalue weighted by Crippen LogP contribution is 2.25. The fourth-order valence-electron chi connectivity index (χ4n) is 2.27. The van der Waals surface area contributed by atoms with Crippen LogP contribution in [-0.4, -0.2) is 37.9 Å². The van der Waals surface area contributed by atoms with E-state index in [0.29, 0.717) is 25.0 Å². The van der Waals surface area contributed by atoms with Gasteiger partial charge in [-0.05, 0) is 38.5 Å². The SMILES string of the molecule is CCCC(C)COCCC(C)(NC1CC1)C(=O)OC. The summed E-state index contributed by atoms with van der Waals surface area (Å²) in [6.45, 7) is 7.67. The van der Waals surface area contributed by atoms with E-state index in [1.54, 1.807) is 0 Å². The molecule has 19 heavy (non-hydrogen) atoms. The lowest BCUT2D eigenvalue weighted by Gasteiger charge is -2.28. The van der Waals surface area contributed by atoms with Crippen molar-refractivity contribution >= 4 is 5.97 Å². The van der Waals surface area contributed by atoms with Gasteiger partial charge in [-0.3, -0.25) is 10.1 Å². The molecule has 1 saturated carbocycles. The van der Waals surface area contributed by atoms with Gasteiger partial charge in [0.1, 0.15) is 5.54 Å². The molecule has 1 aliphatic carbocycles. The lowest BCUT2D eigenvalue weighted by Crippen LogP contribution is -2.52. The Bertz CT molecular complexity index is 279. The Morgan fingerprint density at radius 3 is 2.68 bits per heavy atom. The zero-order valence-electron chi connectivity index (χ0n) is 12.8. The summed E-state index contributed by atoms with van der Waals surface area (Å²) in [5.41, 5.74) is -0.607. The van der Waals surface area contributed by atoms with Crippen LogP contribution in [0.5, 0.6) is 0 Å². The van der Waals surface area contributed by atoms with E-state index in [9.17, 15) is 4.79 Å². The normalized spacial score (nSPS) is 19.8. The molecule has 0 spiro atoms. The van der Waals surface area contributed by atoms with Crippen LogP contribution in [0.15, 0.2) is 0 Å². The van der Waals surface area contributed by atoms with Gasteiger partial charge in [0.2, 0.25) is 0 Å². The molecule has 4 heteroatoms. The summed E-state index contributed by atoms with van der Waals surface area (Å²) in [7, 11) is 1.44. The molecule has 1 fully saturated rings. The Labute approximate surface area is 117 Å². The van der Waals surface area contributed by atoms with Crippen molar-refractivity contribution in [2.75, 3.05) is 20.3 Å². The summed E-state index contributed by atoms with van der Waals surface area (Å²) in [6.07, 6.45) is 5.35. The van der Waals surface area contributed by atoms with E-state index >= 15 is 0 Å². The highest BCUT2D eigenvalue weighted by Gasteiger charge is 2.39. The van der Waals surface area contributed by atoms with Gasteiger partial charge in [0, 0.05) is 19.3 Å². The minimum absolute atomic E-state index is 0.190. The second-order valence-corrected chi connectivity index (χ2v) is 5.96. The van der Waals surface area contributed by atoms with Gasteiger partial charge < -0.3 is 9.47 Å². The number of methoxy groups -OCH3 is 1. The molecule has 0 bridgehead atoms. The number of hydrogen-bond acceptors (Lipinski definition) is 4. The predicted molar refractivity (Wildman–Crippen MR) is 76.1 cm³/mol. The second-order valence-electron chi connectivity index (χ2n) is 5.96. The smallest absolute Gasteiger partial charge is 0.325 e. The molecule has 1 aliphatic rings. The number of carbonyl (C=O) groups is 1. The molecule has 0 aromatic rings. The summed E-state index contributed by atoms with van der Waals surface area (Å²) in [6, 6.07) is 0.475. The van der Waals surface area contributed by atoms with Crippen LogP contribution in [0.1, 0.15) is 52.9 Å². The molecule has 0 amide bonds. The van der Waals surface area contributed by atoms with Crippen molar-refractivity contribution in [3.8, 4) is 0 Å². The predicted octanol–water partition coefficient (Wildman–Crippen LogP) is 2.51. The lowest BCUT2D eigenvalue weighted by atomic mass is 9.98. The largest absolute Gasteiger partial charge is 0.468 e. The third kappa shape index (κ3) is 5.91. The third-order valence-electron chi connectivity index (χ3n) is 3.67. The van der Waals surface area contributed by atoms with Crippen LogP contribution in [0.4, 0.5) is 0 Å². The molecule has 112 valence electrons. The maximum Gasteiger partial charge on any atom is 0.325 e. The summed E-state index contributed by atoms with van der Waals surface area (Å²) < 4.78 is 10.6. The Hall–Kier alpha value is -0.610. The first kappa shape index (κ1) is 16.4. The van der Waals surface area contributed by atoms with Crippen LogP contribution in [0.2, 0.25) is 0 Å². The van der Waals surface area contributed by atoms with Gasteiger partial charge in [0.05, 0.1) is 7.11 Å². The van der Waals surface area contributed by atoms with E-state index in [0.717, 1.165) is 19.4 Å². The maximum atomic E-state index is 11.9. The molecule has 0 aliphatic heterocycles. The molecule has 0 saturated heterocycles. The van der Waals surface area contributed by atoms with Crippen molar-refractivity contribution in [3.05, 3.63) is 0 Å². The summed E-state index contributed by atoms with van der Waals surface area (Å²) in [5, 5.41) is 3.38. The fourth-order valence-corrected chi connectivity index (χ4v) is 2.27. The molecule has 0 aromatic carbocycles. The minimum Gasteiger partial charge on any atom is -0.468 e. The zero-order valence-corrected chi connectivity index (χ0v) is 12.8. The van der Waals surface area contributed by atoms with Gasteiger partial charge in [-0.2, -0.15) is 0 Å². The zero-order chi connectivity index (χ0) is 14.3. The Balaban J connectivity index is 2.30. The molecule has 4 nitrogen and oxygen atoms in total. The Morgan fingerprint density at radius 2 is 2.16 bits per heavy atom. The number of carbonyl (C=O) groups excluding carboxylic acids is 1. The quantitative estimate of drug-likeness (QED) is 0.490. The van der Waals surface area contributed by atoms with Crippen molar-refractivity contribution < 1.29 is 14.3 Å². The van der Waals surface area contributed by atoms with Crippen molar-refractivity contribution in [1.82, 2.24) is 5.32 Å². The first-order chi connectivity index (χ1) is 9.01. The molecule has 2 unspecified atom stereocenters. The number of nitrogens with one attached hydrogen (secondary N) is 1. The van der Waals surface area contributed by atoms with Crippen molar-refractivity contribution in [2.45, 2.75) is 64.5 Å². The Morgan fingerprint density at radius 1 is 1.47 bits per heavy atom. The van der Waals surface area contributed by atoms with Crippen LogP contribution in [-0.2, 0) is 14.3 Å². The van der Waals surface area contributed by atoms with Crippen LogP contribution < -0.4 is 5.32 Å². The van der Waals surface area contributed by atoms with E-state index in [1.807, 2.05) is 6.92 Å². The molecule has 1 N–H and O–H groups in total. The van der Waals surface area contributed by atoms with Crippen LogP contribution >= 0.6 is 0 Å². The summed E-state index contributed by atoms with van der Waals surface area (Å²) >= 11 is 0. The molecular formula is C15H29NO3. The average Bonchev–Trinajstić information content (AvgIpc) is 3.17. The number of hydrogen-bond donors (Lipinski definition) is 1. The van der Waals surface area contributed by atoms with E-state index in [1.165, 1.54) is 20.0 Å². The number of esters is 1. The van der Waals surface area contributed by atoms with Gasteiger partial charge in [-0.25, -0.2) is 0 Å². The van der Waals surface area contributed by atoms with Gasteiger partial charge in [0.25, 0.3) is 0 Å². The molecule has 1 rings (SSSR count). The van der Waals surface area contributed by atoms with Gasteiger partial charge >= 0.3 is 5.97 Å². The fraction of sp³-hybridized carbons (Fsp3) is 0.933. The van der Waals surface area contributed by atoms with Crippen molar-refractivity contribution in [1.29, 1.82) is 0 Å². The van der Waals surface area contributed by atoms with Crippen molar-refractivity contribution in [2.24, 2.45) is 5.92 Å².